The lowest BCUT2D eigenvalue weighted by molar-refractivity contribution is 0.627. The third kappa shape index (κ3) is 3.85. The van der Waals surface area contributed by atoms with Crippen LogP contribution in [0.4, 0.5) is 5.69 Å². The smallest absolute Gasteiger partial charge is 0.0575 e. The largest absolute Gasteiger partial charge is 0.379 e. The molecule has 0 saturated heterocycles. The lowest BCUT2D eigenvalue weighted by Gasteiger charge is -2.09. The average molecular weight is 257 g/mol. The van der Waals surface area contributed by atoms with Crippen molar-refractivity contribution in [1.29, 1.82) is 0 Å². The molecule has 0 unspecified atom stereocenters. The van der Waals surface area contributed by atoms with Crippen LogP contribution in [0, 0.1) is 0 Å². The van der Waals surface area contributed by atoms with Crippen LogP contribution in [0.5, 0.6) is 0 Å². The molecule has 0 fully saturated rings. The van der Waals surface area contributed by atoms with E-state index in [1.165, 1.54) is 36.2 Å². The van der Waals surface area contributed by atoms with Crippen LogP contribution in [0.15, 0.2) is 36.5 Å². The Morgan fingerprint density at radius 3 is 2.58 bits per heavy atom. The molecule has 0 saturated carbocycles. The van der Waals surface area contributed by atoms with Crippen LogP contribution in [-0.4, -0.2) is 9.78 Å². The summed E-state index contributed by atoms with van der Waals surface area (Å²) in [4.78, 5) is 0. The van der Waals surface area contributed by atoms with Gasteiger partial charge in [0.25, 0.3) is 0 Å². The first-order valence-electron chi connectivity index (χ1n) is 7.17. The van der Waals surface area contributed by atoms with Crippen molar-refractivity contribution < 1.29 is 0 Å². The molecule has 0 atom stereocenters. The summed E-state index contributed by atoms with van der Waals surface area (Å²) in [5, 5.41) is 7.72. The summed E-state index contributed by atoms with van der Waals surface area (Å²) >= 11 is 0. The molecule has 1 aromatic heterocycles. The van der Waals surface area contributed by atoms with Crippen molar-refractivity contribution in [3.8, 4) is 0 Å². The summed E-state index contributed by atoms with van der Waals surface area (Å²) in [5.41, 5.74) is 3.81. The summed E-state index contributed by atoms with van der Waals surface area (Å²) in [6.07, 6.45) is 5.55. The van der Waals surface area contributed by atoms with Gasteiger partial charge in [-0.1, -0.05) is 25.5 Å². The van der Waals surface area contributed by atoms with Crippen LogP contribution in [0.25, 0.3) is 0 Å². The van der Waals surface area contributed by atoms with E-state index in [0.717, 1.165) is 13.1 Å². The predicted octanol–water partition coefficient (Wildman–Crippen LogP) is 3.86. The van der Waals surface area contributed by atoms with Crippen LogP contribution in [-0.2, 0) is 19.5 Å². The van der Waals surface area contributed by atoms with Gasteiger partial charge in [-0.25, -0.2) is 0 Å². The number of nitrogens with one attached hydrogen (secondary N) is 1. The minimum absolute atomic E-state index is 0.822. The second-order valence-electron chi connectivity index (χ2n) is 4.79. The van der Waals surface area contributed by atoms with Crippen molar-refractivity contribution in [2.75, 3.05) is 5.32 Å². The van der Waals surface area contributed by atoms with Crippen LogP contribution in [0.1, 0.15) is 37.9 Å². The second kappa shape index (κ2) is 6.98. The Morgan fingerprint density at radius 2 is 1.89 bits per heavy atom. The number of hydrogen-bond donors (Lipinski definition) is 1. The van der Waals surface area contributed by atoms with Gasteiger partial charge in [-0.2, -0.15) is 5.10 Å². The van der Waals surface area contributed by atoms with Gasteiger partial charge in [0.05, 0.1) is 12.2 Å². The molecule has 0 bridgehead atoms. The van der Waals surface area contributed by atoms with Crippen molar-refractivity contribution in [2.45, 2.75) is 46.2 Å². The molecule has 0 radical (unpaired) electrons. The average Bonchev–Trinajstić information content (AvgIpc) is 2.91. The Kier molecular flexibility index (Phi) is 5.01. The maximum Gasteiger partial charge on any atom is 0.0575 e. The minimum atomic E-state index is 0.822. The van der Waals surface area contributed by atoms with Crippen molar-refractivity contribution in [2.24, 2.45) is 0 Å². The first kappa shape index (κ1) is 13.7. The molecule has 19 heavy (non-hydrogen) atoms. The Morgan fingerprint density at radius 1 is 1.11 bits per heavy atom. The number of unbranched alkanes of at least 4 members (excludes halogenated alkanes) is 1. The number of rotatable bonds is 7. The minimum Gasteiger partial charge on any atom is -0.379 e. The molecule has 1 N–H and O–H groups in total. The fourth-order valence-electron chi connectivity index (χ4n) is 2.16. The van der Waals surface area contributed by atoms with Crippen molar-refractivity contribution >= 4 is 5.69 Å². The quantitative estimate of drug-likeness (QED) is 0.816. The van der Waals surface area contributed by atoms with Gasteiger partial charge in [0, 0.05) is 18.4 Å². The number of aryl methyl sites for hydroxylation is 2. The fourth-order valence-corrected chi connectivity index (χ4v) is 2.16. The lowest BCUT2D eigenvalue weighted by atomic mass is 10.1. The first-order valence-corrected chi connectivity index (χ1v) is 7.17. The maximum atomic E-state index is 4.27. The monoisotopic (exact) mass is 257 g/mol. The molecular weight excluding hydrogens is 234 g/mol. The summed E-state index contributed by atoms with van der Waals surface area (Å²) in [6, 6.07) is 10.8. The van der Waals surface area contributed by atoms with Crippen molar-refractivity contribution in [3.05, 3.63) is 47.8 Å². The predicted molar refractivity (Wildman–Crippen MR) is 80.3 cm³/mol. The van der Waals surface area contributed by atoms with Gasteiger partial charge < -0.3 is 5.32 Å². The highest BCUT2D eigenvalue weighted by Crippen LogP contribution is 2.13. The van der Waals surface area contributed by atoms with E-state index in [9.17, 15) is 0 Å². The maximum absolute atomic E-state index is 4.27. The molecule has 102 valence electrons. The molecule has 3 nitrogen and oxygen atoms in total. The molecular formula is C16H23N3. The SMILES string of the molecule is CCCCc1ccc(NCc2ccnn2CC)cc1. The van der Waals surface area contributed by atoms with Crippen LogP contribution in [0.2, 0.25) is 0 Å². The number of hydrogen-bond acceptors (Lipinski definition) is 2. The van der Waals surface area contributed by atoms with Gasteiger partial charge in [0.1, 0.15) is 0 Å². The zero-order chi connectivity index (χ0) is 13.5. The first-order chi connectivity index (χ1) is 9.33. The third-order valence-corrected chi connectivity index (χ3v) is 3.35. The van der Waals surface area contributed by atoms with E-state index in [1.54, 1.807) is 0 Å². The number of anilines is 1. The summed E-state index contributed by atoms with van der Waals surface area (Å²) in [6.45, 7) is 6.08. The van der Waals surface area contributed by atoms with Crippen LogP contribution >= 0.6 is 0 Å². The number of aromatic nitrogens is 2. The highest BCUT2D eigenvalue weighted by Gasteiger charge is 2.00. The molecule has 3 heteroatoms. The molecule has 2 aromatic rings. The van der Waals surface area contributed by atoms with Gasteiger partial charge in [-0.15, -0.1) is 0 Å². The van der Waals surface area contributed by atoms with Gasteiger partial charge in [-0.05, 0) is 43.5 Å². The van der Waals surface area contributed by atoms with Gasteiger partial charge >= 0.3 is 0 Å². The topological polar surface area (TPSA) is 29.9 Å². The van der Waals surface area contributed by atoms with Gasteiger partial charge in [-0.3, -0.25) is 4.68 Å². The zero-order valence-corrected chi connectivity index (χ0v) is 11.9. The lowest BCUT2D eigenvalue weighted by Crippen LogP contribution is -2.07. The third-order valence-electron chi connectivity index (χ3n) is 3.35. The van der Waals surface area contributed by atoms with E-state index in [2.05, 4.69) is 54.6 Å². The Hall–Kier alpha value is -1.77. The summed E-state index contributed by atoms with van der Waals surface area (Å²) < 4.78 is 2.02. The Balaban J connectivity index is 1.89. The second-order valence-corrected chi connectivity index (χ2v) is 4.79. The van der Waals surface area contributed by atoms with Crippen molar-refractivity contribution in [1.82, 2.24) is 9.78 Å². The number of nitrogens with zero attached hydrogens (tertiary/aromatic N) is 2. The molecule has 1 heterocycles. The van der Waals surface area contributed by atoms with E-state index in [4.69, 9.17) is 0 Å². The summed E-state index contributed by atoms with van der Waals surface area (Å²) in [7, 11) is 0. The van der Waals surface area contributed by atoms with Gasteiger partial charge in [0.15, 0.2) is 0 Å². The van der Waals surface area contributed by atoms with E-state index < -0.39 is 0 Å². The van der Waals surface area contributed by atoms with Crippen molar-refractivity contribution in [3.63, 3.8) is 0 Å². The fraction of sp³-hybridized carbons (Fsp3) is 0.438. The highest BCUT2D eigenvalue weighted by molar-refractivity contribution is 5.44. The highest BCUT2D eigenvalue weighted by atomic mass is 15.3. The van der Waals surface area contributed by atoms with E-state index in [0.29, 0.717) is 0 Å². The van der Waals surface area contributed by atoms with E-state index >= 15 is 0 Å². The molecule has 0 spiro atoms. The Labute approximate surface area is 115 Å². The molecule has 0 aliphatic rings. The molecule has 0 aliphatic carbocycles. The normalized spacial score (nSPS) is 10.6. The Bertz CT molecular complexity index is 485. The van der Waals surface area contributed by atoms with E-state index in [1.807, 2.05) is 10.9 Å². The van der Waals surface area contributed by atoms with Crippen LogP contribution in [0.3, 0.4) is 0 Å². The summed E-state index contributed by atoms with van der Waals surface area (Å²) in [5.74, 6) is 0. The number of benzene rings is 1. The standard InChI is InChI=1S/C16H23N3/c1-3-5-6-14-7-9-15(10-8-14)17-13-16-11-12-18-19(16)4-2/h7-12,17H,3-6,13H2,1-2H3. The molecule has 2 rings (SSSR count). The molecule has 1 aromatic carbocycles. The van der Waals surface area contributed by atoms with Gasteiger partial charge in [0.2, 0.25) is 0 Å². The molecule has 0 aliphatic heterocycles. The zero-order valence-electron chi connectivity index (χ0n) is 11.9. The van der Waals surface area contributed by atoms with E-state index in [-0.39, 0.29) is 0 Å². The molecule has 0 amide bonds. The van der Waals surface area contributed by atoms with Crippen LogP contribution < -0.4 is 5.32 Å².